The molecule has 1 saturated carbocycles. The van der Waals surface area contributed by atoms with Gasteiger partial charge in [0.15, 0.2) is 28.8 Å². The minimum atomic E-state index is -1.55. The number of carbonyl (C=O) groups is 3. The number of benzene rings is 5. The normalized spacial score (nSPS) is 25.5. The van der Waals surface area contributed by atoms with E-state index >= 15 is 14.4 Å². The molecule has 5 aromatic carbocycles. The largest absolute Gasteiger partial charge is 0.454 e. The van der Waals surface area contributed by atoms with Gasteiger partial charge < -0.3 is 18.9 Å². The number of ether oxygens (including phenoxy) is 4. The summed E-state index contributed by atoms with van der Waals surface area (Å²) in [7, 11) is 0. The third-order valence-electron chi connectivity index (χ3n) is 11.1. The molecule has 4 atom stereocenters. The molecule has 0 N–H and O–H groups in total. The Kier molecular flexibility index (Phi) is 5.87. The van der Waals surface area contributed by atoms with Gasteiger partial charge >= 0.3 is 0 Å². The second kappa shape index (κ2) is 10.2. The zero-order valence-electron chi connectivity index (χ0n) is 26.9. The molecule has 1 saturated heterocycles. The summed E-state index contributed by atoms with van der Waals surface area (Å²) in [6.45, 7) is 2.04. The molecule has 5 aliphatic rings. The van der Waals surface area contributed by atoms with Crippen LogP contribution in [0.4, 0.5) is 5.69 Å². The highest BCUT2D eigenvalue weighted by Crippen LogP contribution is 2.74. The quantitative estimate of drug-likeness (QED) is 0.196. The Morgan fingerprint density at radius 3 is 1.46 bits per heavy atom. The summed E-state index contributed by atoms with van der Waals surface area (Å²) in [6, 6.07) is 37.6. The molecule has 0 unspecified atom stereocenters. The summed E-state index contributed by atoms with van der Waals surface area (Å²) in [5, 5.41) is 0. The van der Waals surface area contributed by atoms with E-state index in [1.54, 1.807) is 6.07 Å². The maximum atomic E-state index is 16.2. The van der Waals surface area contributed by atoms with Crippen LogP contribution in [-0.4, -0.2) is 31.2 Å². The monoisotopic (exact) mass is 659 g/mol. The Labute approximate surface area is 287 Å². The standard InChI is InChI=1S/C42H29NO7/c1-24-10-8-9-15-29(24)43-38(44)36-37(39(43)45)42(28-13-6-3-7-14-28)35(26-17-19-31-33(21-26)50-23-48-31)34(25-16-18-30-32(20-25)49-22-47-30)41(36,40(42)46)27-11-4-2-5-12-27/h2-21,36-37H,22-23H2,1H3/t36-,37+,41-,42-/m0/s1. The van der Waals surface area contributed by atoms with Gasteiger partial charge in [-0.25, -0.2) is 4.90 Å². The van der Waals surface area contributed by atoms with Gasteiger partial charge in [0.25, 0.3) is 0 Å². The Bertz CT molecular complexity index is 2190. The van der Waals surface area contributed by atoms with Crippen molar-refractivity contribution in [2.75, 3.05) is 18.5 Å². The molecule has 2 amide bonds. The van der Waals surface area contributed by atoms with E-state index in [1.807, 2.05) is 122 Å². The fraction of sp³-hybridized carbons (Fsp3) is 0.167. The molecule has 50 heavy (non-hydrogen) atoms. The van der Waals surface area contributed by atoms with E-state index in [9.17, 15) is 0 Å². The molecule has 0 aromatic heterocycles. The van der Waals surface area contributed by atoms with Crippen molar-refractivity contribution >= 4 is 34.4 Å². The van der Waals surface area contributed by atoms with E-state index in [0.717, 1.165) is 5.56 Å². The van der Waals surface area contributed by atoms with Gasteiger partial charge in [0.2, 0.25) is 25.4 Å². The van der Waals surface area contributed by atoms with Crippen LogP contribution in [0.25, 0.3) is 11.1 Å². The first-order valence-corrected chi connectivity index (χ1v) is 16.6. The van der Waals surface area contributed by atoms with Crippen molar-refractivity contribution in [3.8, 4) is 23.0 Å². The SMILES string of the molecule is Cc1ccccc1N1C(=O)[C@@H]2[C@H](C1=O)[C@@]1(c3ccccc3)C(=O)[C@@]2(c2ccccc2)C(c2ccc3c(c2)OCO3)=C1c1ccc2c(c1)OCO2. The predicted molar refractivity (Wildman–Crippen MR) is 184 cm³/mol. The molecule has 2 fully saturated rings. The zero-order chi connectivity index (χ0) is 33.8. The Morgan fingerprint density at radius 2 is 0.980 bits per heavy atom. The molecule has 244 valence electrons. The zero-order valence-corrected chi connectivity index (χ0v) is 26.9. The topological polar surface area (TPSA) is 91.4 Å². The number of Topliss-reactive ketones (excluding diaryl/α,β-unsaturated/α-hetero) is 1. The number of fused-ring (bicyclic) bond motifs is 7. The van der Waals surface area contributed by atoms with Gasteiger partial charge in [-0.3, -0.25) is 14.4 Å². The third-order valence-corrected chi connectivity index (χ3v) is 11.1. The summed E-state index contributed by atoms with van der Waals surface area (Å²) in [5.74, 6) is -0.807. The maximum Gasteiger partial charge on any atom is 0.239 e. The molecular weight excluding hydrogens is 630 g/mol. The number of hydrogen-bond acceptors (Lipinski definition) is 7. The van der Waals surface area contributed by atoms with Crippen LogP contribution in [0.5, 0.6) is 23.0 Å². The molecule has 3 heterocycles. The van der Waals surface area contributed by atoms with Gasteiger partial charge in [-0.15, -0.1) is 0 Å². The lowest BCUT2D eigenvalue weighted by molar-refractivity contribution is -0.130. The minimum absolute atomic E-state index is 0.0760. The number of rotatable bonds is 5. The summed E-state index contributed by atoms with van der Waals surface area (Å²) in [5.41, 5.74) is 2.21. The van der Waals surface area contributed by atoms with Crippen molar-refractivity contribution in [3.63, 3.8) is 0 Å². The van der Waals surface area contributed by atoms with E-state index in [0.29, 0.717) is 62.1 Å². The van der Waals surface area contributed by atoms with E-state index in [2.05, 4.69) is 0 Å². The number of imide groups is 1. The first-order valence-electron chi connectivity index (χ1n) is 16.6. The molecule has 0 spiro atoms. The lowest BCUT2D eigenvalue weighted by atomic mass is 9.59. The minimum Gasteiger partial charge on any atom is -0.454 e. The van der Waals surface area contributed by atoms with Crippen molar-refractivity contribution in [2.45, 2.75) is 17.8 Å². The van der Waals surface area contributed by atoms with Crippen LogP contribution in [0, 0.1) is 18.8 Å². The number of carbonyl (C=O) groups excluding carboxylic acids is 3. The average Bonchev–Trinajstić information content (AvgIpc) is 3.96. The molecule has 0 radical (unpaired) electrons. The number of allylic oxidation sites excluding steroid dienone is 2. The molecular formula is C42H29NO7. The molecule has 8 nitrogen and oxygen atoms in total. The summed E-state index contributed by atoms with van der Waals surface area (Å²) in [4.78, 5) is 48.0. The smallest absolute Gasteiger partial charge is 0.239 e. The van der Waals surface area contributed by atoms with Crippen LogP contribution in [0.2, 0.25) is 0 Å². The number of anilines is 1. The highest BCUT2D eigenvalue weighted by molar-refractivity contribution is 6.39. The summed E-state index contributed by atoms with van der Waals surface area (Å²) < 4.78 is 23.1. The van der Waals surface area contributed by atoms with Crippen molar-refractivity contribution in [1.82, 2.24) is 0 Å². The second-order valence-electron chi connectivity index (χ2n) is 13.3. The van der Waals surface area contributed by atoms with E-state index in [-0.39, 0.29) is 19.4 Å². The van der Waals surface area contributed by atoms with E-state index in [1.165, 1.54) is 4.90 Å². The third kappa shape index (κ3) is 3.42. The number of ketones is 1. The number of para-hydroxylation sites is 1. The molecule has 8 heteroatoms. The highest BCUT2D eigenvalue weighted by Gasteiger charge is 2.83. The van der Waals surface area contributed by atoms with Crippen LogP contribution < -0.4 is 23.8 Å². The predicted octanol–water partition coefficient (Wildman–Crippen LogP) is 6.64. The first kappa shape index (κ1) is 28.8. The fourth-order valence-electron chi connectivity index (χ4n) is 9.28. The lowest BCUT2D eigenvalue weighted by Crippen LogP contribution is -2.45. The van der Waals surface area contributed by atoms with Gasteiger partial charge in [-0.1, -0.05) is 91.0 Å². The van der Waals surface area contributed by atoms with Crippen molar-refractivity contribution in [1.29, 1.82) is 0 Å². The van der Waals surface area contributed by atoms with Gasteiger partial charge in [0, 0.05) is 0 Å². The number of hydrogen-bond donors (Lipinski definition) is 0. The van der Waals surface area contributed by atoms with E-state index in [4.69, 9.17) is 18.9 Å². The maximum absolute atomic E-state index is 16.2. The first-order chi connectivity index (χ1) is 24.5. The highest BCUT2D eigenvalue weighted by atomic mass is 16.7. The Morgan fingerprint density at radius 1 is 0.540 bits per heavy atom. The van der Waals surface area contributed by atoms with Crippen LogP contribution in [0.3, 0.4) is 0 Å². The van der Waals surface area contributed by atoms with Gasteiger partial charge in [0.05, 0.1) is 28.4 Å². The van der Waals surface area contributed by atoms with Crippen LogP contribution in [0.1, 0.15) is 27.8 Å². The second-order valence-corrected chi connectivity index (χ2v) is 13.3. The van der Waals surface area contributed by atoms with Crippen LogP contribution in [-0.2, 0) is 25.2 Å². The summed E-state index contributed by atoms with van der Waals surface area (Å²) >= 11 is 0. The van der Waals surface area contributed by atoms with Crippen LogP contribution >= 0.6 is 0 Å². The average molecular weight is 660 g/mol. The molecule has 5 aromatic rings. The number of aryl methyl sites for hydroxylation is 1. The fourth-order valence-corrected chi connectivity index (χ4v) is 9.28. The van der Waals surface area contributed by atoms with Gasteiger partial charge in [0.1, 0.15) is 0 Å². The van der Waals surface area contributed by atoms with E-state index < -0.39 is 34.5 Å². The number of nitrogens with zero attached hydrogens (tertiary/aromatic N) is 1. The molecule has 2 bridgehead atoms. The van der Waals surface area contributed by atoms with Crippen molar-refractivity contribution < 1.29 is 33.3 Å². The molecule has 3 aliphatic heterocycles. The van der Waals surface area contributed by atoms with Crippen molar-refractivity contribution in [3.05, 3.63) is 149 Å². The summed E-state index contributed by atoms with van der Waals surface area (Å²) in [6.07, 6.45) is 0. The Hall–Kier alpha value is -6.15. The number of amides is 2. The molecule has 10 rings (SSSR count). The van der Waals surface area contributed by atoms with Gasteiger partial charge in [-0.05, 0) is 76.2 Å². The lowest BCUT2D eigenvalue weighted by Gasteiger charge is -2.39. The van der Waals surface area contributed by atoms with Gasteiger partial charge in [-0.2, -0.15) is 0 Å². The van der Waals surface area contributed by atoms with Crippen LogP contribution in [0.15, 0.2) is 121 Å². The molecule has 2 aliphatic carbocycles. The Balaban J connectivity index is 1.38. The van der Waals surface area contributed by atoms with Crippen molar-refractivity contribution in [2.24, 2.45) is 11.8 Å².